The van der Waals surface area contributed by atoms with E-state index in [1.807, 2.05) is 17.5 Å². The van der Waals surface area contributed by atoms with Crippen LogP contribution in [0.1, 0.15) is 11.3 Å². The highest BCUT2D eigenvalue weighted by molar-refractivity contribution is 7.09. The number of thiophene rings is 1. The summed E-state index contributed by atoms with van der Waals surface area (Å²) < 4.78 is 5.18. The van der Waals surface area contributed by atoms with Crippen molar-refractivity contribution in [3.8, 4) is 5.75 Å². The minimum Gasteiger partial charge on any atom is -0.495 e. The number of anilines is 1. The molecule has 0 radical (unpaired) electrons. The second kappa shape index (κ2) is 6.59. The van der Waals surface area contributed by atoms with Gasteiger partial charge >= 0.3 is 0 Å². The van der Waals surface area contributed by atoms with Crippen molar-refractivity contribution in [1.82, 2.24) is 0 Å². The van der Waals surface area contributed by atoms with Gasteiger partial charge in [-0.05, 0) is 36.1 Å². The normalized spacial score (nSPS) is 10.2. The molecule has 1 N–H and O–H groups in total. The molecule has 0 unspecified atom stereocenters. The fraction of sp³-hybridized carbons (Fsp3) is 0.214. The van der Waals surface area contributed by atoms with Crippen LogP contribution in [0.5, 0.6) is 5.75 Å². The minimum atomic E-state index is -0.0473. The van der Waals surface area contributed by atoms with Gasteiger partial charge in [-0.2, -0.15) is 0 Å². The molecule has 0 aliphatic rings. The second-order valence-corrected chi connectivity index (χ2v) is 5.44. The maximum Gasteiger partial charge on any atom is 0.224 e. The van der Waals surface area contributed by atoms with E-state index < -0.39 is 0 Å². The summed E-state index contributed by atoms with van der Waals surface area (Å²) >= 11 is 7.57. The number of carbonyl (C=O) groups is 1. The van der Waals surface area contributed by atoms with Crippen LogP contribution in [0.15, 0.2) is 35.7 Å². The van der Waals surface area contributed by atoms with Crippen molar-refractivity contribution in [2.75, 3.05) is 12.4 Å². The molecule has 100 valence electrons. The molecular formula is C14H14ClNO2S. The predicted molar refractivity (Wildman–Crippen MR) is 79.3 cm³/mol. The number of hydrogen-bond donors (Lipinski definition) is 1. The van der Waals surface area contributed by atoms with E-state index >= 15 is 0 Å². The molecule has 5 heteroatoms. The zero-order valence-corrected chi connectivity index (χ0v) is 12.1. The van der Waals surface area contributed by atoms with Crippen LogP contribution in [0.3, 0.4) is 0 Å². The van der Waals surface area contributed by atoms with Gasteiger partial charge < -0.3 is 10.1 Å². The van der Waals surface area contributed by atoms with Crippen LogP contribution in [-0.2, 0) is 11.2 Å². The third-order valence-corrected chi connectivity index (χ3v) is 3.79. The average Bonchev–Trinajstić information content (AvgIpc) is 2.90. The molecule has 0 aliphatic carbocycles. The van der Waals surface area contributed by atoms with E-state index in [4.69, 9.17) is 16.3 Å². The van der Waals surface area contributed by atoms with Gasteiger partial charge in [0, 0.05) is 16.3 Å². The molecule has 3 nitrogen and oxygen atoms in total. The highest BCUT2D eigenvalue weighted by atomic mass is 35.5. The number of amides is 1. The Morgan fingerprint density at radius 3 is 2.95 bits per heavy atom. The lowest BCUT2D eigenvalue weighted by atomic mass is 10.2. The molecule has 1 amide bonds. The summed E-state index contributed by atoms with van der Waals surface area (Å²) in [6.45, 7) is 0. The van der Waals surface area contributed by atoms with Crippen LogP contribution in [-0.4, -0.2) is 13.0 Å². The van der Waals surface area contributed by atoms with Crippen molar-refractivity contribution in [1.29, 1.82) is 0 Å². The van der Waals surface area contributed by atoms with Gasteiger partial charge in [0.15, 0.2) is 0 Å². The lowest BCUT2D eigenvalue weighted by Crippen LogP contribution is -2.12. The van der Waals surface area contributed by atoms with Gasteiger partial charge in [-0.1, -0.05) is 17.7 Å². The summed E-state index contributed by atoms with van der Waals surface area (Å²) in [5.41, 5.74) is 0.603. The number of halogens is 1. The Balaban J connectivity index is 1.96. The summed E-state index contributed by atoms with van der Waals surface area (Å²) in [7, 11) is 1.56. The number of carbonyl (C=O) groups excluding carboxylic acids is 1. The molecule has 0 spiro atoms. The minimum absolute atomic E-state index is 0.0473. The highest BCUT2D eigenvalue weighted by Gasteiger charge is 2.08. The third kappa shape index (κ3) is 3.98. The van der Waals surface area contributed by atoms with Crippen molar-refractivity contribution in [3.05, 3.63) is 45.6 Å². The fourth-order valence-electron chi connectivity index (χ4n) is 1.68. The number of benzene rings is 1. The first-order chi connectivity index (χ1) is 9.19. The summed E-state index contributed by atoms with van der Waals surface area (Å²) in [6.07, 6.45) is 1.18. The Morgan fingerprint density at radius 1 is 1.42 bits per heavy atom. The fourth-order valence-corrected chi connectivity index (χ4v) is 2.56. The summed E-state index contributed by atoms with van der Waals surface area (Å²) in [5.74, 6) is 0.558. The van der Waals surface area contributed by atoms with Crippen LogP contribution >= 0.6 is 22.9 Å². The molecular weight excluding hydrogens is 282 g/mol. The first-order valence-corrected chi connectivity index (χ1v) is 7.10. The van der Waals surface area contributed by atoms with Crippen molar-refractivity contribution >= 4 is 34.5 Å². The predicted octanol–water partition coefficient (Wildman–Crippen LogP) is 3.98. The monoisotopic (exact) mass is 295 g/mol. The van der Waals surface area contributed by atoms with Gasteiger partial charge in [-0.3, -0.25) is 4.79 Å². The zero-order valence-electron chi connectivity index (χ0n) is 10.5. The zero-order chi connectivity index (χ0) is 13.7. The van der Waals surface area contributed by atoms with Crippen molar-refractivity contribution in [2.45, 2.75) is 12.8 Å². The summed E-state index contributed by atoms with van der Waals surface area (Å²) in [4.78, 5) is 13.1. The lowest BCUT2D eigenvalue weighted by molar-refractivity contribution is -0.116. The molecule has 0 aliphatic heterocycles. The number of aryl methyl sites for hydroxylation is 1. The third-order valence-electron chi connectivity index (χ3n) is 2.61. The van der Waals surface area contributed by atoms with E-state index in [2.05, 4.69) is 5.32 Å². The summed E-state index contributed by atoms with van der Waals surface area (Å²) in [6, 6.07) is 9.15. The number of rotatable bonds is 5. The number of nitrogens with one attached hydrogen (secondary N) is 1. The molecule has 1 aromatic heterocycles. The Bertz CT molecular complexity index is 555. The topological polar surface area (TPSA) is 38.3 Å². The van der Waals surface area contributed by atoms with Gasteiger partial charge in [0.1, 0.15) is 5.75 Å². The number of hydrogen-bond acceptors (Lipinski definition) is 3. The molecule has 19 heavy (non-hydrogen) atoms. The average molecular weight is 296 g/mol. The van der Waals surface area contributed by atoms with E-state index in [1.54, 1.807) is 36.6 Å². The molecule has 0 fully saturated rings. The van der Waals surface area contributed by atoms with Gasteiger partial charge in [0.25, 0.3) is 0 Å². The molecule has 1 heterocycles. The lowest BCUT2D eigenvalue weighted by Gasteiger charge is -2.10. The molecule has 0 bridgehead atoms. The van der Waals surface area contributed by atoms with E-state index in [0.717, 1.165) is 6.42 Å². The molecule has 2 rings (SSSR count). The van der Waals surface area contributed by atoms with E-state index in [1.165, 1.54) is 4.88 Å². The first-order valence-electron chi connectivity index (χ1n) is 5.85. The highest BCUT2D eigenvalue weighted by Crippen LogP contribution is 2.27. The van der Waals surface area contributed by atoms with E-state index in [9.17, 15) is 4.79 Å². The second-order valence-electron chi connectivity index (χ2n) is 3.97. The largest absolute Gasteiger partial charge is 0.495 e. The number of ether oxygens (including phenoxy) is 1. The molecule has 0 atom stereocenters. The SMILES string of the molecule is COc1ccc(Cl)cc1NC(=O)CCc1cccs1. The van der Waals surface area contributed by atoms with Crippen LogP contribution in [0.2, 0.25) is 5.02 Å². The standard InChI is InChI=1S/C14H14ClNO2S/c1-18-13-6-4-10(15)9-12(13)16-14(17)7-5-11-3-2-8-19-11/h2-4,6,8-9H,5,7H2,1H3,(H,16,17). The van der Waals surface area contributed by atoms with Crippen molar-refractivity contribution < 1.29 is 9.53 Å². The quantitative estimate of drug-likeness (QED) is 0.906. The van der Waals surface area contributed by atoms with Crippen molar-refractivity contribution in [3.63, 3.8) is 0 Å². The van der Waals surface area contributed by atoms with Gasteiger partial charge in [-0.15, -0.1) is 11.3 Å². The van der Waals surface area contributed by atoms with Crippen LogP contribution in [0.25, 0.3) is 0 Å². The Morgan fingerprint density at radius 2 is 2.26 bits per heavy atom. The van der Waals surface area contributed by atoms with Gasteiger partial charge in [0.2, 0.25) is 5.91 Å². The Labute approximate surface area is 121 Å². The Hall–Kier alpha value is -1.52. The summed E-state index contributed by atoms with van der Waals surface area (Å²) in [5, 5.41) is 5.39. The smallest absolute Gasteiger partial charge is 0.224 e. The van der Waals surface area contributed by atoms with Crippen LogP contribution in [0, 0.1) is 0 Å². The van der Waals surface area contributed by atoms with Gasteiger partial charge in [0.05, 0.1) is 12.8 Å². The molecule has 2 aromatic rings. The molecule has 0 saturated carbocycles. The van der Waals surface area contributed by atoms with Crippen molar-refractivity contribution in [2.24, 2.45) is 0 Å². The van der Waals surface area contributed by atoms with Crippen LogP contribution in [0.4, 0.5) is 5.69 Å². The molecule has 0 saturated heterocycles. The maximum atomic E-state index is 11.9. The van der Waals surface area contributed by atoms with Crippen LogP contribution < -0.4 is 10.1 Å². The van der Waals surface area contributed by atoms with E-state index in [0.29, 0.717) is 22.9 Å². The first kappa shape index (κ1) is 13.9. The Kier molecular flexibility index (Phi) is 4.82. The number of methoxy groups -OCH3 is 1. The molecule has 1 aromatic carbocycles. The van der Waals surface area contributed by atoms with Gasteiger partial charge in [-0.25, -0.2) is 0 Å². The maximum absolute atomic E-state index is 11.9. The van der Waals surface area contributed by atoms with E-state index in [-0.39, 0.29) is 5.91 Å².